The van der Waals surface area contributed by atoms with E-state index in [4.69, 9.17) is 10.5 Å². The Bertz CT molecular complexity index is 1410. The number of rotatable bonds is 4. The molecule has 0 unspecified atom stereocenters. The number of amides is 1. The summed E-state index contributed by atoms with van der Waals surface area (Å²) in [6, 6.07) is 19.0. The summed E-state index contributed by atoms with van der Waals surface area (Å²) in [5.41, 5.74) is 20.2. The van der Waals surface area contributed by atoms with Gasteiger partial charge in [-0.1, -0.05) is 74.1 Å². The van der Waals surface area contributed by atoms with Crippen LogP contribution in [-0.2, 0) is 11.3 Å². The summed E-state index contributed by atoms with van der Waals surface area (Å²) in [6.45, 7) is 15.1. The van der Waals surface area contributed by atoms with E-state index in [1.165, 1.54) is 33.4 Å². The lowest BCUT2D eigenvalue weighted by molar-refractivity contribution is 0.0728. The lowest BCUT2D eigenvalue weighted by atomic mass is 9.96. The van der Waals surface area contributed by atoms with Crippen LogP contribution in [0.4, 0.5) is 10.5 Å². The zero-order valence-corrected chi connectivity index (χ0v) is 24.8. The van der Waals surface area contributed by atoms with Crippen LogP contribution in [-0.4, -0.2) is 56.8 Å². The normalized spacial score (nSPS) is 15.4. The average Bonchev–Trinajstić information content (AvgIpc) is 3.24. The molecule has 0 saturated carbocycles. The van der Waals surface area contributed by atoms with E-state index in [2.05, 4.69) is 104 Å². The van der Waals surface area contributed by atoms with Crippen LogP contribution in [0.3, 0.4) is 0 Å². The van der Waals surface area contributed by atoms with Gasteiger partial charge in [0.05, 0.1) is 0 Å². The lowest BCUT2D eigenvalue weighted by Crippen LogP contribution is -2.48. The number of hydrogen-bond donors (Lipinski definition) is 1. The summed E-state index contributed by atoms with van der Waals surface area (Å²) < 4.78 is 5.89. The third-order valence-corrected chi connectivity index (χ3v) is 8.79. The summed E-state index contributed by atoms with van der Waals surface area (Å²) >= 11 is 0. The van der Waals surface area contributed by atoms with E-state index in [0.717, 1.165) is 36.4 Å². The van der Waals surface area contributed by atoms with Gasteiger partial charge in [-0.25, -0.2) is 4.79 Å². The van der Waals surface area contributed by atoms with E-state index in [0.29, 0.717) is 19.7 Å². The number of piperazine rings is 1. The van der Waals surface area contributed by atoms with Crippen LogP contribution in [0.1, 0.15) is 39.3 Å². The fraction of sp³-hybridized carbons (Fsp3) is 0.364. The third-order valence-electron chi connectivity index (χ3n) is 7.92. The molecule has 3 aromatic rings. The van der Waals surface area contributed by atoms with Gasteiger partial charge in [0.25, 0.3) is 0 Å². The molecular weight excluding hydrogens is 498 g/mol. The summed E-state index contributed by atoms with van der Waals surface area (Å²) in [5.74, 6) is 3.53. The first-order valence-electron chi connectivity index (χ1n) is 13.9. The van der Waals surface area contributed by atoms with Crippen LogP contribution >= 0.6 is 0 Å². The topological polar surface area (TPSA) is 58.8 Å². The standard InChI is InChI=1S/C33H39N3O2Si/c1-23-25(20-32(34)24(2)26(23)14-19-39(3,4)5)21-35-15-17-36(18-16-35)33(37)38-22-31-29-12-8-6-10-27(29)28-11-7-9-13-30(28)31/h6-13,20,31H,15-18,21-22,34H2,1-5H3. The molecule has 202 valence electrons. The van der Waals surface area contributed by atoms with Crippen molar-refractivity contribution in [1.29, 1.82) is 0 Å². The molecule has 5 nitrogen and oxygen atoms in total. The smallest absolute Gasteiger partial charge is 0.409 e. The van der Waals surface area contributed by atoms with E-state index < -0.39 is 8.07 Å². The predicted molar refractivity (Wildman–Crippen MR) is 162 cm³/mol. The van der Waals surface area contributed by atoms with Crippen molar-refractivity contribution in [2.45, 2.75) is 46.0 Å². The van der Waals surface area contributed by atoms with E-state index in [1.807, 2.05) is 4.90 Å². The molecule has 1 aliphatic carbocycles. The highest BCUT2D eigenvalue weighted by Gasteiger charge is 2.30. The highest BCUT2D eigenvalue weighted by molar-refractivity contribution is 6.83. The average molecular weight is 538 g/mol. The molecule has 1 saturated heterocycles. The Balaban J connectivity index is 1.20. The summed E-state index contributed by atoms with van der Waals surface area (Å²) in [7, 11) is -1.49. The van der Waals surface area contributed by atoms with Gasteiger partial charge in [-0.15, -0.1) is 5.54 Å². The second-order valence-electron chi connectivity index (χ2n) is 11.8. The van der Waals surface area contributed by atoms with Gasteiger partial charge in [0.2, 0.25) is 0 Å². The Morgan fingerprint density at radius 1 is 0.949 bits per heavy atom. The summed E-state index contributed by atoms with van der Waals surface area (Å²) in [4.78, 5) is 17.3. The van der Waals surface area contributed by atoms with Crippen LogP contribution in [0.5, 0.6) is 0 Å². The first kappa shape index (κ1) is 27.0. The van der Waals surface area contributed by atoms with Gasteiger partial charge in [0.1, 0.15) is 14.7 Å². The van der Waals surface area contributed by atoms with Crippen LogP contribution in [0.15, 0.2) is 54.6 Å². The molecule has 0 atom stereocenters. The van der Waals surface area contributed by atoms with Crippen molar-refractivity contribution in [2.24, 2.45) is 0 Å². The van der Waals surface area contributed by atoms with E-state index in [1.54, 1.807) is 0 Å². The van der Waals surface area contributed by atoms with Gasteiger partial charge in [0, 0.05) is 49.9 Å². The highest BCUT2D eigenvalue weighted by Crippen LogP contribution is 2.44. The number of nitrogen functional groups attached to an aromatic ring is 1. The fourth-order valence-electron chi connectivity index (χ4n) is 5.61. The molecule has 1 aliphatic heterocycles. The Morgan fingerprint density at radius 3 is 2.13 bits per heavy atom. The number of nitrogens with zero attached hydrogens (tertiary/aromatic N) is 2. The maximum absolute atomic E-state index is 13.0. The Kier molecular flexibility index (Phi) is 7.57. The number of carbonyl (C=O) groups excluding carboxylic acids is 1. The zero-order chi connectivity index (χ0) is 27.7. The van der Waals surface area contributed by atoms with Crippen LogP contribution < -0.4 is 5.73 Å². The van der Waals surface area contributed by atoms with Crippen molar-refractivity contribution < 1.29 is 9.53 Å². The first-order chi connectivity index (χ1) is 18.6. The Labute approximate surface area is 234 Å². The van der Waals surface area contributed by atoms with Gasteiger partial charge in [0.15, 0.2) is 0 Å². The second kappa shape index (κ2) is 10.9. The SMILES string of the molecule is Cc1c(N)cc(CN2CCN(C(=O)OCC3c4ccccc4-c4ccccc43)CC2)c(C)c1C#C[Si](C)(C)C. The number of nitrogens with two attached hydrogens (primary N) is 1. The number of benzene rings is 3. The van der Waals surface area contributed by atoms with Gasteiger partial charge >= 0.3 is 6.09 Å². The van der Waals surface area contributed by atoms with Crippen LogP contribution in [0, 0.1) is 25.3 Å². The van der Waals surface area contributed by atoms with Gasteiger partial charge in [-0.05, 0) is 58.9 Å². The lowest BCUT2D eigenvalue weighted by Gasteiger charge is -2.34. The van der Waals surface area contributed by atoms with E-state index >= 15 is 0 Å². The largest absolute Gasteiger partial charge is 0.448 e. The van der Waals surface area contributed by atoms with Crippen molar-refractivity contribution in [3.8, 4) is 22.6 Å². The van der Waals surface area contributed by atoms with Crippen molar-refractivity contribution in [3.05, 3.63) is 88.0 Å². The molecule has 0 bridgehead atoms. The molecule has 1 fully saturated rings. The minimum atomic E-state index is -1.49. The van der Waals surface area contributed by atoms with Gasteiger partial charge < -0.3 is 15.4 Å². The molecule has 5 rings (SSSR count). The Hall–Kier alpha value is -3.53. The monoisotopic (exact) mass is 537 g/mol. The van der Waals surface area contributed by atoms with Crippen molar-refractivity contribution >= 4 is 19.9 Å². The van der Waals surface area contributed by atoms with E-state index in [9.17, 15) is 4.79 Å². The maximum Gasteiger partial charge on any atom is 0.409 e. The summed E-state index contributed by atoms with van der Waals surface area (Å²) in [5, 5.41) is 0. The molecule has 1 heterocycles. The molecule has 3 aromatic carbocycles. The van der Waals surface area contributed by atoms with Crippen LogP contribution in [0.2, 0.25) is 19.6 Å². The number of carbonyl (C=O) groups is 1. The molecule has 39 heavy (non-hydrogen) atoms. The van der Waals surface area contributed by atoms with Crippen molar-refractivity contribution in [1.82, 2.24) is 9.80 Å². The number of hydrogen-bond acceptors (Lipinski definition) is 4. The van der Waals surface area contributed by atoms with Gasteiger partial charge in [-0.3, -0.25) is 4.90 Å². The minimum absolute atomic E-state index is 0.0795. The molecule has 0 spiro atoms. The highest BCUT2D eigenvalue weighted by atomic mass is 28.3. The molecule has 2 N–H and O–H groups in total. The zero-order valence-electron chi connectivity index (χ0n) is 23.8. The predicted octanol–water partition coefficient (Wildman–Crippen LogP) is 6.18. The van der Waals surface area contributed by atoms with Crippen molar-refractivity contribution in [2.75, 3.05) is 38.5 Å². The quantitative estimate of drug-likeness (QED) is 0.245. The minimum Gasteiger partial charge on any atom is -0.448 e. The number of fused-ring (bicyclic) bond motifs is 3. The maximum atomic E-state index is 13.0. The molecule has 1 amide bonds. The first-order valence-corrected chi connectivity index (χ1v) is 17.4. The number of anilines is 1. The van der Waals surface area contributed by atoms with Gasteiger partial charge in [-0.2, -0.15) is 0 Å². The fourth-order valence-corrected chi connectivity index (χ4v) is 6.11. The molecule has 0 aromatic heterocycles. The van der Waals surface area contributed by atoms with E-state index in [-0.39, 0.29) is 12.0 Å². The summed E-state index contributed by atoms with van der Waals surface area (Å²) in [6.07, 6.45) is -0.226. The molecular formula is C33H39N3O2Si. The molecule has 2 aliphatic rings. The Morgan fingerprint density at radius 2 is 1.54 bits per heavy atom. The second-order valence-corrected chi connectivity index (χ2v) is 16.6. The molecule has 6 heteroatoms. The third kappa shape index (κ3) is 5.75. The molecule has 0 radical (unpaired) electrons. The number of ether oxygens (including phenoxy) is 1. The van der Waals surface area contributed by atoms with Crippen LogP contribution in [0.25, 0.3) is 11.1 Å². The van der Waals surface area contributed by atoms with Crippen molar-refractivity contribution in [3.63, 3.8) is 0 Å².